The minimum atomic E-state index is -0.246. The topological polar surface area (TPSA) is 40.0 Å². The molecule has 0 bridgehead atoms. The van der Waals surface area contributed by atoms with Crippen molar-refractivity contribution in [2.24, 2.45) is 5.16 Å². The van der Waals surface area contributed by atoms with Gasteiger partial charge in [-0.3, -0.25) is 0 Å². The van der Waals surface area contributed by atoms with Crippen molar-refractivity contribution >= 4 is 6.21 Å². The van der Waals surface area contributed by atoms with E-state index in [0.29, 0.717) is 0 Å². The van der Waals surface area contributed by atoms with E-state index in [1.54, 1.807) is 6.21 Å². The summed E-state index contributed by atoms with van der Waals surface area (Å²) in [5.41, 5.74) is 0.589. The van der Waals surface area contributed by atoms with Crippen molar-refractivity contribution in [2.75, 3.05) is 6.79 Å². The molecule has 2 aromatic carbocycles. The van der Waals surface area contributed by atoms with Gasteiger partial charge in [0, 0.05) is 5.56 Å². The van der Waals surface area contributed by atoms with Crippen LogP contribution in [0, 0.1) is 0 Å². The first kappa shape index (κ1) is 16.0. The van der Waals surface area contributed by atoms with E-state index in [4.69, 9.17) is 14.3 Å². The summed E-state index contributed by atoms with van der Waals surface area (Å²) >= 11 is 0. The van der Waals surface area contributed by atoms with Crippen LogP contribution in [-0.2, 0) is 9.57 Å². The van der Waals surface area contributed by atoms with Crippen LogP contribution in [-0.4, -0.2) is 18.6 Å². The predicted molar refractivity (Wildman–Crippen MR) is 87.3 cm³/mol. The van der Waals surface area contributed by atoms with Crippen LogP contribution in [0.5, 0.6) is 11.5 Å². The van der Waals surface area contributed by atoms with Gasteiger partial charge in [0.05, 0.1) is 11.8 Å². The lowest BCUT2D eigenvalue weighted by molar-refractivity contribution is -0.119. The van der Waals surface area contributed by atoms with Gasteiger partial charge in [-0.05, 0) is 45.0 Å². The third-order valence-electron chi connectivity index (χ3n) is 2.70. The molecule has 0 amide bonds. The molecule has 4 heteroatoms. The van der Waals surface area contributed by atoms with E-state index >= 15 is 0 Å². The molecule has 2 rings (SSSR count). The summed E-state index contributed by atoms with van der Waals surface area (Å²) in [5.74, 6) is 1.50. The zero-order valence-corrected chi connectivity index (χ0v) is 13.2. The summed E-state index contributed by atoms with van der Waals surface area (Å²) in [6.45, 7) is 6.00. The molecule has 116 valence electrons. The third-order valence-corrected chi connectivity index (χ3v) is 2.70. The monoisotopic (exact) mass is 299 g/mol. The Hall–Kier alpha value is -2.33. The van der Waals surface area contributed by atoms with Crippen molar-refractivity contribution in [3.63, 3.8) is 0 Å². The van der Waals surface area contributed by atoms with Gasteiger partial charge in [-0.25, -0.2) is 0 Å². The highest BCUT2D eigenvalue weighted by Gasteiger charge is 2.09. The lowest BCUT2D eigenvalue weighted by Crippen LogP contribution is -2.20. The number of hydrogen-bond acceptors (Lipinski definition) is 4. The van der Waals surface area contributed by atoms with Crippen LogP contribution in [0.3, 0.4) is 0 Å². The minimum Gasteiger partial charge on any atom is -0.457 e. The molecular weight excluding hydrogens is 278 g/mol. The van der Waals surface area contributed by atoms with Crippen molar-refractivity contribution < 1.29 is 14.3 Å². The summed E-state index contributed by atoms with van der Waals surface area (Å²) in [4.78, 5) is 5.11. The summed E-state index contributed by atoms with van der Waals surface area (Å²) in [7, 11) is 0. The van der Waals surface area contributed by atoms with Gasteiger partial charge in [-0.15, -0.1) is 0 Å². The summed E-state index contributed by atoms with van der Waals surface area (Å²) in [5, 5.41) is 3.92. The summed E-state index contributed by atoms with van der Waals surface area (Å²) in [6.07, 6.45) is 1.62. The highest BCUT2D eigenvalue weighted by molar-refractivity contribution is 5.83. The molecule has 0 unspecified atom stereocenters. The fraction of sp³-hybridized carbons (Fsp3) is 0.278. The van der Waals surface area contributed by atoms with E-state index in [-0.39, 0.29) is 12.4 Å². The Morgan fingerprint density at radius 3 is 2.36 bits per heavy atom. The largest absolute Gasteiger partial charge is 0.457 e. The van der Waals surface area contributed by atoms with Crippen molar-refractivity contribution in [1.29, 1.82) is 0 Å². The average Bonchev–Trinajstić information content (AvgIpc) is 2.48. The molecule has 0 aliphatic carbocycles. The van der Waals surface area contributed by atoms with E-state index in [9.17, 15) is 0 Å². The smallest absolute Gasteiger partial charge is 0.217 e. The van der Waals surface area contributed by atoms with Crippen molar-refractivity contribution in [1.82, 2.24) is 0 Å². The quantitative estimate of drug-likeness (QED) is 0.339. The second-order valence-electron chi connectivity index (χ2n) is 5.69. The van der Waals surface area contributed by atoms with Crippen LogP contribution >= 0.6 is 0 Å². The lowest BCUT2D eigenvalue weighted by Gasteiger charge is -2.17. The molecule has 0 spiro atoms. The van der Waals surface area contributed by atoms with Crippen LogP contribution in [0.25, 0.3) is 0 Å². The molecule has 0 saturated heterocycles. The fourth-order valence-electron chi connectivity index (χ4n) is 1.62. The number of oxime groups is 1. The van der Waals surface area contributed by atoms with Gasteiger partial charge in [0.1, 0.15) is 11.5 Å². The maximum Gasteiger partial charge on any atom is 0.217 e. The molecular formula is C18H21NO3. The van der Waals surface area contributed by atoms with Crippen molar-refractivity contribution in [3.05, 3.63) is 60.2 Å². The number of benzene rings is 2. The molecule has 0 N–H and O–H groups in total. The third kappa shape index (κ3) is 5.58. The summed E-state index contributed by atoms with van der Waals surface area (Å²) < 4.78 is 11.3. The standard InChI is InChI=1S/C18H21NO3/c1-18(2,3)20-14-21-19-13-15-9-7-8-12-17(15)22-16-10-5-4-6-11-16/h4-13H,14H2,1-3H3/b19-13+. The van der Waals surface area contributed by atoms with Crippen LogP contribution in [0.1, 0.15) is 26.3 Å². The first-order chi connectivity index (χ1) is 10.5. The van der Waals surface area contributed by atoms with Gasteiger partial charge in [0.15, 0.2) is 0 Å². The molecule has 4 nitrogen and oxygen atoms in total. The Labute approximate surface area is 131 Å². The number of hydrogen-bond donors (Lipinski definition) is 0. The highest BCUT2D eigenvalue weighted by atomic mass is 16.7. The molecule has 0 fully saturated rings. The summed E-state index contributed by atoms with van der Waals surface area (Å²) in [6, 6.07) is 17.3. The molecule has 0 radical (unpaired) electrons. The lowest BCUT2D eigenvalue weighted by atomic mass is 10.2. The SMILES string of the molecule is CC(C)(C)OCO/N=C/c1ccccc1Oc1ccccc1. The number of ether oxygens (including phenoxy) is 2. The van der Waals surface area contributed by atoms with E-state index in [1.165, 1.54) is 0 Å². The Kier molecular flexibility index (Phi) is 5.55. The van der Waals surface area contributed by atoms with Gasteiger partial charge in [0.2, 0.25) is 6.79 Å². The van der Waals surface area contributed by atoms with Crippen molar-refractivity contribution in [2.45, 2.75) is 26.4 Å². The molecule has 2 aromatic rings. The Morgan fingerprint density at radius 1 is 0.955 bits per heavy atom. The zero-order chi connectivity index (χ0) is 15.8. The number of para-hydroxylation sites is 2. The van der Waals surface area contributed by atoms with Gasteiger partial charge in [-0.1, -0.05) is 35.5 Å². The van der Waals surface area contributed by atoms with Crippen LogP contribution in [0.2, 0.25) is 0 Å². The fourth-order valence-corrected chi connectivity index (χ4v) is 1.62. The number of nitrogens with zero attached hydrogens (tertiary/aromatic N) is 1. The highest BCUT2D eigenvalue weighted by Crippen LogP contribution is 2.23. The van der Waals surface area contributed by atoms with Gasteiger partial charge in [-0.2, -0.15) is 0 Å². The Balaban J connectivity index is 1.96. The normalized spacial score (nSPS) is 11.6. The number of rotatable bonds is 6. The van der Waals surface area contributed by atoms with Crippen molar-refractivity contribution in [3.8, 4) is 11.5 Å². The molecule has 0 aliphatic heterocycles. The first-order valence-corrected chi connectivity index (χ1v) is 7.16. The maximum absolute atomic E-state index is 5.84. The second kappa shape index (κ2) is 7.61. The molecule has 0 saturated carbocycles. The molecule has 0 atom stereocenters. The van der Waals surface area contributed by atoms with Gasteiger partial charge >= 0.3 is 0 Å². The van der Waals surface area contributed by atoms with Crippen LogP contribution in [0.15, 0.2) is 59.8 Å². The predicted octanol–water partition coefficient (Wildman–Crippen LogP) is 4.60. The first-order valence-electron chi connectivity index (χ1n) is 7.16. The average molecular weight is 299 g/mol. The van der Waals surface area contributed by atoms with E-state index in [2.05, 4.69) is 5.16 Å². The molecule has 0 heterocycles. The van der Waals surface area contributed by atoms with Gasteiger partial charge in [0.25, 0.3) is 0 Å². The maximum atomic E-state index is 5.84. The molecule has 22 heavy (non-hydrogen) atoms. The molecule has 0 aromatic heterocycles. The van der Waals surface area contributed by atoms with E-state index in [1.807, 2.05) is 75.4 Å². The molecule has 0 aliphatic rings. The Morgan fingerprint density at radius 2 is 1.64 bits per heavy atom. The van der Waals surface area contributed by atoms with Crippen LogP contribution < -0.4 is 4.74 Å². The second-order valence-corrected chi connectivity index (χ2v) is 5.69. The van der Waals surface area contributed by atoms with Gasteiger partial charge < -0.3 is 14.3 Å². The van der Waals surface area contributed by atoms with E-state index < -0.39 is 0 Å². The minimum absolute atomic E-state index is 0.113. The van der Waals surface area contributed by atoms with Crippen LogP contribution in [0.4, 0.5) is 0 Å². The zero-order valence-electron chi connectivity index (χ0n) is 13.2. The van der Waals surface area contributed by atoms with E-state index in [0.717, 1.165) is 17.1 Å². The Bertz CT molecular complexity index is 603.